The molecule has 7 heteroatoms. The molecule has 0 aromatic heterocycles. The highest BCUT2D eigenvalue weighted by molar-refractivity contribution is 7.84. The van der Waals surface area contributed by atoms with E-state index in [1.807, 2.05) is 6.07 Å². The third-order valence-electron chi connectivity index (χ3n) is 2.81. The molecule has 0 radical (unpaired) electrons. The largest absolute Gasteiger partial charge is 0.493 e. The highest BCUT2D eigenvalue weighted by Gasteiger charge is 2.06. The van der Waals surface area contributed by atoms with Crippen LogP contribution in [0.5, 0.6) is 11.5 Å². The van der Waals surface area contributed by atoms with Crippen LogP contribution in [0.1, 0.15) is 18.4 Å². The van der Waals surface area contributed by atoms with Crippen LogP contribution in [0.4, 0.5) is 0 Å². The average Bonchev–Trinajstić information content (AvgIpc) is 2.51. The van der Waals surface area contributed by atoms with Crippen LogP contribution < -0.4 is 14.8 Å². The van der Waals surface area contributed by atoms with Gasteiger partial charge in [0.1, 0.15) is 0 Å². The summed E-state index contributed by atoms with van der Waals surface area (Å²) >= 11 is 0. The van der Waals surface area contributed by atoms with Gasteiger partial charge in [0, 0.05) is 41.8 Å². The van der Waals surface area contributed by atoms with Crippen LogP contribution in [-0.2, 0) is 15.6 Å². The number of ether oxygens (including phenoxy) is 2. The van der Waals surface area contributed by atoms with Gasteiger partial charge in [-0.1, -0.05) is 0 Å². The van der Waals surface area contributed by atoms with Gasteiger partial charge >= 0.3 is 0 Å². The van der Waals surface area contributed by atoms with Crippen molar-refractivity contribution < 1.29 is 18.5 Å². The normalized spacial score (nSPS) is 11.3. The Morgan fingerprint density at radius 3 is 2.82 bits per heavy atom. The van der Waals surface area contributed by atoms with Gasteiger partial charge in [-0.25, -0.2) is 0 Å². The number of carbonyl (C=O) groups excluding carboxylic acids is 1. The van der Waals surface area contributed by atoms with Crippen molar-refractivity contribution in [1.82, 2.24) is 5.32 Å². The van der Waals surface area contributed by atoms with Crippen molar-refractivity contribution in [2.45, 2.75) is 12.8 Å². The first kappa shape index (κ1) is 18.0. The summed E-state index contributed by atoms with van der Waals surface area (Å²) in [5, 5.41) is 11.5. The number of nitrogens with one attached hydrogen (secondary N) is 1. The summed E-state index contributed by atoms with van der Waals surface area (Å²) in [6, 6.07) is 6.96. The molecule has 0 unspecified atom stereocenters. The van der Waals surface area contributed by atoms with Crippen LogP contribution >= 0.6 is 0 Å². The van der Waals surface area contributed by atoms with Crippen molar-refractivity contribution in [3.8, 4) is 17.6 Å². The van der Waals surface area contributed by atoms with Crippen LogP contribution in [0.25, 0.3) is 0 Å². The molecule has 22 heavy (non-hydrogen) atoms. The molecule has 1 N–H and O–H groups in total. The predicted molar refractivity (Wildman–Crippen MR) is 84.4 cm³/mol. The fraction of sp³-hybridized carbons (Fsp3) is 0.467. The zero-order valence-electron chi connectivity index (χ0n) is 12.8. The minimum Gasteiger partial charge on any atom is -0.493 e. The van der Waals surface area contributed by atoms with Crippen molar-refractivity contribution in [3.05, 3.63) is 23.8 Å². The van der Waals surface area contributed by atoms with Crippen LogP contribution in [0.15, 0.2) is 18.2 Å². The molecule has 0 saturated heterocycles. The van der Waals surface area contributed by atoms with E-state index in [0.717, 1.165) is 0 Å². The summed E-state index contributed by atoms with van der Waals surface area (Å²) < 4.78 is 21.6. The van der Waals surface area contributed by atoms with Gasteiger partial charge in [0.25, 0.3) is 0 Å². The zero-order chi connectivity index (χ0) is 16.4. The lowest BCUT2D eigenvalue weighted by Gasteiger charge is -2.10. The number of benzene rings is 1. The van der Waals surface area contributed by atoms with Crippen molar-refractivity contribution in [1.29, 1.82) is 5.26 Å². The van der Waals surface area contributed by atoms with Crippen molar-refractivity contribution in [2.75, 3.05) is 32.3 Å². The fourth-order valence-electron chi connectivity index (χ4n) is 1.69. The first-order chi connectivity index (χ1) is 10.6. The molecule has 0 aliphatic rings. The van der Waals surface area contributed by atoms with Crippen LogP contribution in [0, 0.1) is 11.3 Å². The van der Waals surface area contributed by atoms with Crippen LogP contribution in [0.2, 0.25) is 0 Å². The molecule has 0 heterocycles. The SMILES string of the molecule is COc1cc(C#N)ccc1OCCCC(=O)NCC[S@@](C)=O. The quantitative estimate of drug-likeness (QED) is 0.690. The maximum Gasteiger partial charge on any atom is 0.220 e. The molecule has 1 atom stereocenters. The molecule has 1 rings (SSSR count). The number of methoxy groups -OCH3 is 1. The molecule has 0 fully saturated rings. The average molecular weight is 324 g/mol. The predicted octanol–water partition coefficient (Wildman–Crippen LogP) is 1.22. The summed E-state index contributed by atoms with van der Waals surface area (Å²) in [4.78, 5) is 11.5. The summed E-state index contributed by atoms with van der Waals surface area (Å²) in [5.74, 6) is 1.42. The van der Waals surface area contributed by atoms with Crippen molar-refractivity contribution in [3.63, 3.8) is 0 Å². The Kier molecular flexibility index (Phi) is 8.00. The summed E-state index contributed by atoms with van der Waals surface area (Å²) in [5.41, 5.74) is 0.497. The second-order valence-electron chi connectivity index (χ2n) is 4.56. The van der Waals surface area contributed by atoms with E-state index in [1.54, 1.807) is 24.5 Å². The number of hydrogen-bond donors (Lipinski definition) is 1. The topological polar surface area (TPSA) is 88.4 Å². The molecule has 120 valence electrons. The van der Waals surface area contributed by atoms with Gasteiger partial charge < -0.3 is 14.8 Å². The minimum atomic E-state index is -0.897. The molecule has 0 saturated carbocycles. The van der Waals surface area contributed by atoms with Crippen LogP contribution in [-0.4, -0.2) is 42.4 Å². The van der Waals surface area contributed by atoms with E-state index in [2.05, 4.69) is 5.32 Å². The maximum absolute atomic E-state index is 11.5. The lowest BCUT2D eigenvalue weighted by Crippen LogP contribution is -2.27. The Bertz CT molecular complexity index is 569. The second-order valence-corrected chi connectivity index (χ2v) is 6.11. The first-order valence-corrected chi connectivity index (χ1v) is 8.57. The van der Waals surface area contributed by atoms with E-state index in [4.69, 9.17) is 14.7 Å². The molecule has 1 aromatic rings. The molecule has 0 aliphatic carbocycles. The Hall–Kier alpha value is -2.07. The molecular weight excluding hydrogens is 304 g/mol. The van der Waals surface area contributed by atoms with Gasteiger partial charge in [-0.2, -0.15) is 5.26 Å². The van der Waals surface area contributed by atoms with E-state index in [9.17, 15) is 9.00 Å². The highest BCUT2D eigenvalue weighted by atomic mass is 32.2. The molecule has 0 bridgehead atoms. The molecular formula is C15H20N2O4S. The van der Waals surface area contributed by atoms with Gasteiger partial charge in [0.15, 0.2) is 11.5 Å². The fourth-order valence-corrected chi connectivity index (χ4v) is 2.08. The lowest BCUT2D eigenvalue weighted by atomic mass is 10.2. The van der Waals surface area contributed by atoms with E-state index >= 15 is 0 Å². The van der Waals surface area contributed by atoms with Gasteiger partial charge in [-0.3, -0.25) is 9.00 Å². The number of nitrogens with zero attached hydrogens (tertiary/aromatic N) is 1. The minimum absolute atomic E-state index is 0.0826. The summed E-state index contributed by atoms with van der Waals surface area (Å²) in [6.07, 6.45) is 2.50. The Morgan fingerprint density at radius 2 is 2.18 bits per heavy atom. The maximum atomic E-state index is 11.5. The number of amides is 1. The standard InChI is InChI=1S/C15H20N2O4S/c1-20-14-10-12(11-16)5-6-13(14)21-8-3-4-15(18)17-7-9-22(2)19/h5-6,10H,3-4,7-9H2,1-2H3,(H,17,18)/t22-/m1/s1. The number of hydrogen-bond acceptors (Lipinski definition) is 5. The van der Waals surface area contributed by atoms with E-state index in [1.165, 1.54) is 7.11 Å². The Labute approximate surface area is 132 Å². The monoisotopic (exact) mass is 324 g/mol. The number of rotatable bonds is 9. The van der Waals surface area contributed by atoms with Gasteiger partial charge in [0.2, 0.25) is 5.91 Å². The summed E-state index contributed by atoms with van der Waals surface area (Å²) in [7, 11) is 0.611. The van der Waals surface area contributed by atoms with Gasteiger partial charge in [-0.05, 0) is 18.6 Å². The zero-order valence-corrected chi connectivity index (χ0v) is 13.6. The molecule has 0 aliphatic heterocycles. The van der Waals surface area contributed by atoms with E-state index in [0.29, 0.717) is 48.8 Å². The Balaban J connectivity index is 2.31. The molecule has 1 aromatic carbocycles. The second kappa shape index (κ2) is 9.79. The first-order valence-electron chi connectivity index (χ1n) is 6.84. The highest BCUT2D eigenvalue weighted by Crippen LogP contribution is 2.27. The number of nitriles is 1. The Morgan fingerprint density at radius 1 is 1.41 bits per heavy atom. The van der Waals surface area contributed by atoms with E-state index in [-0.39, 0.29) is 5.91 Å². The lowest BCUT2D eigenvalue weighted by molar-refractivity contribution is -0.121. The molecule has 0 spiro atoms. The van der Waals surface area contributed by atoms with Crippen molar-refractivity contribution >= 4 is 16.7 Å². The third kappa shape index (κ3) is 6.59. The van der Waals surface area contributed by atoms with Crippen molar-refractivity contribution in [2.24, 2.45) is 0 Å². The smallest absolute Gasteiger partial charge is 0.220 e. The number of carbonyl (C=O) groups is 1. The van der Waals surface area contributed by atoms with Crippen LogP contribution in [0.3, 0.4) is 0 Å². The molecule has 1 amide bonds. The van der Waals surface area contributed by atoms with Gasteiger partial charge in [0.05, 0.1) is 25.3 Å². The third-order valence-corrected chi connectivity index (χ3v) is 3.59. The van der Waals surface area contributed by atoms with Gasteiger partial charge in [-0.15, -0.1) is 0 Å². The molecule has 6 nitrogen and oxygen atoms in total. The summed E-state index contributed by atoms with van der Waals surface area (Å²) in [6.45, 7) is 0.793. The van der Waals surface area contributed by atoms with E-state index < -0.39 is 10.8 Å².